The topological polar surface area (TPSA) is 64.4 Å². The van der Waals surface area contributed by atoms with E-state index in [4.69, 9.17) is 4.74 Å². The summed E-state index contributed by atoms with van der Waals surface area (Å²) in [6.07, 6.45) is 3.84. The van der Waals surface area contributed by atoms with Crippen molar-refractivity contribution in [3.05, 3.63) is 12.5 Å². The van der Waals surface area contributed by atoms with Crippen molar-refractivity contribution < 1.29 is 13.2 Å². The van der Waals surface area contributed by atoms with Crippen LogP contribution in [0.2, 0.25) is 0 Å². The predicted octanol–water partition coefficient (Wildman–Crippen LogP) is 1.90. The van der Waals surface area contributed by atoms with E-state index >= 15 is 0 Å². The van der Waals surface area contributed by atoms with E-state index in [1.807, 2.05) is 27.7 Å². The maximum atomic E-state index is 12.7. The molecule has 1 atom stereocenters. The fourth-order valence-corrected chi connectivity index (χ4v) is 3.72. The molecule has 1 aliphatic rings. The summed E-state index contributed by atoms with van der Waals surface area (Å²) < 4.78 is 34.5. The average Bonchev–Trinajstić information content (AvgIpc) is 2.77. The molecule has 0 amide bonds. The number of imidazole rings is 1. The van der Waals surface area contributed by atoms with E-state index in [2.05, 4.69) is 4.98 Å². The molecule has 0 N–H and O–H groups in total. The van der Waals surface area contributed by atoms with E-state index in [1.165, 1.54) is 4.31 Å². The van der Waals surface area contributed by atoms with Crippen LogP contribution in [0.4, 0.5) is 0 Å². The van der Waals surface area contributed by atoms with Gasteiger partial charge in [0.15, 0.2) is 5.03 Å². The molecule has 1 aromatic heterocycles. The van der Waals surface area contributed by atoms with Crippen molar-refractivity contribution in [2.75, 3.05) is 19.7 Å². The highest BCUT2D eigenvalue weighted by Gasteiger charge is 2.32. The molecule has 0 spiro atoms. The molecule has 0 radical (unpaired) electrons. The van der Waals surface area contributed by atoms with Crippen molar-refractivity contribution in [2.45, 2.75) is 51.3 Å². The number of sulfonamides is 1. The smallest absolute Gasteiger partial charge is 0.262 e. The van der Waals surface area contributed by atoms with Crippen LogP contribution in [-0.2, 0) is 14.8 Å². The third-order valence-electron chi connectivity index (χ3n) is 3.79. The van der Waals surface area contributed by atoms with Crippen LogP contribution in [0, 0.1) is 5.92 Å². The Hall–Kier alpha value is -0.920. The molecule has 21 heavy (non-hydrogen) atoms. The minimum atomic E-state index is -3.54. The highest BCUT2D eigenvalue weighted by molar-refractivity contribution is 7.89. The lowest BCUT2D eigenvalue weighted by atomic mass is 10.1. The highest BCUT2D eigenvalue weighted by atomic mass is 32.2. The lowest BCUT2D eigenvalue weighted by Crippen LogP contribution is -2.38. The van der Waals surface area contributed by atoms with Gasteiger partial charge in [-0.1, -0.05) is 13.8 Å². The molecular formula is C14H25N3O3S. The van der Waals surface area contributed by atoms with Gasteiger partial charge in [-0.3, -0.25) is 0 Å². The molecule has 2 heterocycles. The first-order valence-electron chi connectivity index (χ1n) is 7.47. The van der Waals surface area contributed by atoms with E-state index in [-0.39, 0.29) is 23.1 Å². The number of aromatic nitrogens is 2. The Morgan fingerprint density at radius 2 is 2.05 bits per heavy atom. The Bertz CT molecular complexity index is 566. The first-order chi connectivity index (χ1) is 9.82. The summed E-state index contributed by atoms with van der Waals surface area (Å²) in [6, 6.07) is 0.192. The van der Waals surface area contributed by atoms with E-state index in [1.54, 1.807) is 17.1 Å². The zero-order valence-electron chi connectivity index (χ0n) is 13.2. The van der Waals surface area contributed by atoms with Crippen molar-refractivity contribution >= 4 is 10.0 Å². The zero-order valence-corrected chi connectivity index (χ0v) is 14.0. The maximum Gasteiger partial charge on any atom is 0.262 e. The van der Waals surface area contributed by atoms with Crippen LogP contribution in [0.5, 0.6) is 0 Å². The molecule has 1 unspecified atom stereocenters. The lowest BCUT2D eigenvalue weighted by Gasteiger charge is -2.24. The summed E-state index contributed by atoms with van der Waals surface area (Å²) in [6.45, 7) is 9.58. The predicted molar refractivity (Wildman–Crippen MR) is 80.6 cm³/mol. The third-order valence-corrected chi connectivity index (χ3v) is 5.54. The number of rotatable bonds is 4. The number of hydrogen-bond acceptors (Lipinski definition) is 4. The number of ether oxygens (including phenoxy) is 1. The number of nitrogens with zero attached hydrogens (tertiary/aromatic N) is 3. The Kier molecular flexibility index (Phi) is 5.06. The molecule has 6 nitrogen and oxygen atoms in total. The first kappa shape index (κ1) is 16.5. The van der Waals surface area contributed by atoms with Crippen molar-refractivity contribution in [1.82, 2.24) is 13.9 Å². The standard InChI is InChI=1S/C14H25N3O3S/c1-11(2)13-8-17(6-5-7-20-13)21(18,19)14-9-16(10-15-14)12(3)4/h9-13H,5-8H2,1-4H3. The van der Waals surface area contributed by atoms with Crippen molar-refractivity contribution in [1.29, 1.82) is 0 Å². The van der Waals surface area contributed by atoms with Gasteiger partial charge in [0, 0.05) is 31.9 Å². The van der Waals surface area contributed by atoms with E-state index in [0.29, 0.717) is 26.1 Å². The minimum Gasteiger partial charge on any atom is -0.377 e. The van der Waals surface area contributed by atoms with Crippen molar-refractivity contribution in [3.63, 3.8) is 0 Å². The highest BCUT2D eigenvalue weighted by Crippen LogP contribution is 2.21. The summed E-state index contributed by atoms with van der Waals surface area (Å²) in [5.41, 5.74) is 0. The van der Waals surface area contributed by atoms with Gasteiger partial charge < -0.3 is 9.30 Å². The normalized spacial score (nSPS) is 21.9. The summed E-state index contributed by atoms with van der Waals surface area (Å²) in [5.74, 6) is 0.286. The second kappa shape index (κ2) is 6.46. The molecule has 2 rings (SSSR count). The first-order valence-corrected chi connectivity index (χ1v) is 8.91. The quantitative estimate of drug-likeness (QED) is 0.851. The van der Waals surface area contributed by atoms with Gasteiger partial charge >= 0.3 is 0 Å². The molecule has 7 heteroatoms. The lowest BCUT2D eigenvalue weighted by molar-refractivity contribution is 0.0301. The number of hydrogen-bond donors (Lipinski definition) is 0. The van der Waals surface area contributed by atoms with Gasteiger partial charge in [0.2, 0.25) is 0 Å². The summed E-state index contributed by atoms with van der Waals surface area (Å²) in [5, 5.41) is 0.126. The average molecular weight is 315 g/mol. The van der Waals surface area contributed by atoms with Gasteiger partial charge in [-0.05, 0) is 26.2 Å². The molecule has 1 aromatic rings. The van der Waals surface area contributed by atoms with Crippen LogP contribution in [0.15, 0.2) is 17.6 Å². The molecule has 1 fully saturated rings. The monoisotopic (exact) mass is 315 g/mol. The van der Waals surface area contributed by atoms with E-state index in [9.17, 15) is 8.42 Å². The van der Waals surface area contributed by atoms with Crippen LogP contribution in [0.25, 0.3) is 0 Å². The summed E-state index contributed by atoms with van der Waals surface area (Å²) in [7, 11) is -3.54. The summed E-state index contributed by atoms with van der Waals surface area (Å²) >= 11 is 0. The Labute approximate surface area is 127 Å². The fourth-order valence-electron chi connectivity index (χ4n) is 2.31. The van der Waals surface area contributed by atoms with Crippen molar-refractivity contribution in [2.24, 2.45) is 5.92 Å². The van der Waals surface area contributed by atoms with Crippen LogP contribution in [0.1, 0.15) is 40.2 Å². The van der Waals surface area contributed by atoms with Crippen LogP contribution in [0.3, 0.4) is 0 Å². The van der Waals surface area contributed by atoms with E-state index < -0.39 is 10.0 Å². The van der Waals surface area contributed by atoms with Crippen LogP contribution >= 0.6 is 0 Å². The van der Waals surface area contributed by atoms with Crippen LogP contribution < -0.4 is 0 Å². The molecule has 1 aliphatic heterocycles. The summed E-state index contributed by atoms with van der Waals surface area (Å²) in [4.78, 5) is 4.08. The maximum absolute atomic E-state index is 12.7. The second-order valence-electron chi connectivity index (χ2n) is 6.12. The molecule has 0 bridgehead atoms. The van der Waals surface area contributed by atoms with Gasteiger partial charge in [0.1, 0.15) is 0 Å². The van der Waals surface area contributed by atoms with Gasteiger partial charge in [0.05, 0.1) is 12.4 Å². The third kappa shape index (κ3) is 3.64. The molecule has 0 aliphatic carbocycles. The zero-order chi connectivity index (χ0) is 15.6. The SMILES string of the molecule is CC(C)C1CN(S(=O)(=O)c2cn(C(C)C)cn2)CCCO1. The molecule has 0 saturated carbocycles. The Morgan fingerprint density at radius 1 is 1.33 bits per heavy atom. The minimum absolute atomic E-state index is 0.0607. The molecule has 1 saturated heterocycles. The van der Waals surface area contributed by atoms with Gasteiger partial charge in [0.25, 0.3) is 10.0 Å². The second-order valence-corrected chi connectivity index (χ2v) is 8.01. The Morgan fingerprint density at radius 3 is 2.62 bits per heavy atom. The van der Waals surface area contributed by atoms with E-state index in [0.717, 1.165) is 0 Å². The van der Waals surface area contributed by atoms with Crippen LogP contribution in [-0.4, -0.2) is 48.1 Å². The van der Waals surface area contributed by atoms with Crippen molar-refractivity contribution in [3.8, 4) is 0 Å². The molecular weight excluding hydrogens is 290 g/mol. The van der Waals surface area contributed by atoms with Gasteiger partial charge in [-0.25, -0.2) is 13.4 Å². The fraction of sp³-hybridized carbons (Fsp3) is 0.786. The van der Waals surface area contributed by atoms with Gasteiger partial charge in [-0.15, -0.1) is 0 Å². The molecule has 120 valence electrons. The van der Waals surface area contributed by atoms with Gasteiger partial charge in [-0.2, -0.15) is 4.31 Å². The Balaban J connectivity index is 2.24. The largest absolute Gasteiger partial charge is 0.377 e. The molecule has 0 aromatic carbocycles.